The van der Waals surface area contributed by atoms with Crippen molar-refractivity contribution >= 4 is 10.8 Å². The molecule has 0 fully saturated rings. The number of hydrogen-bond donors (Lipinski definition) is 0. The lowest BCUT2D eigenvalue weighted by molar-refractivity contribution is 0.626. The van der Waals surface area contributed by atoms with Crippen LogP contribution in [-0.2, 0) is 6.42 Å². The second-order valence-electron chi connectivity index (χ2n) is 6.40. The van der Waals surface area contributed by atoms with E-state index in [0.717, 1.165) is 22.2 Å². The minimum absolute atomic E-state index is 0.175. The van der Waals surface area contributed by atoms with Crippen molar-refractivity contribution in [3.05, 3.63) is 88.6 Å². The minimum atomic E-state index is -0.373. The van der Waals surface area contributed by atoms with Crippen LogP contribution < -0.4 is 5.56 Å². The predicted octanol–water partition coefficient (Wildman–Crippen LogP) is 4.46. The molecule has 0 atom stereocenters. The van der Waals surface area contributed by atoms with Gasteiger partial charge in [0.1, 0.15) is 11.6 Å². The second kappa shape index (κ2) is 6.76. The van der Waals surface area contributed by atoms with Crippen LogP contribution in [0.4, 0.5) is 4.39 Å². The Morgan fingerprint density at radius 3 is 2.48 bits per heavy atom. The first kappa shape index (κ1) is 17.1. The summed E-state index contributed by atoms with van der Waals surface area (Å²) in [4.78, 5) is 22.0. The fourth-order valence-electron chi connectivity index (χ4n) is 3.35. The average molecular weight is 359 g/mol. The number of halogens is 1. The van der Waals surface area contributed by atoms with Crippen LogP contribution >= 0.6 is 0 Å². The highest BCUT2D eigenvalue weighted by atomic mass is 19.1. The van der Waals surface area contributed by atoms with Gasteiger partial charge in [-0.1, -0.05) is 31.2 Å². The number of benzene rings is 2. The molecule has 27 heavy (non-hydrogen) atoms. The SMILES string of the molecule is CCc1cc2cccc(-c3cnc(C)nc3)c2c(=O)n1-c1cccc(F)c1. The van der Waals surface area contributed by atoms with Crippen LogP contribution in [0.2, 0.25) is 0 Å². The summed E-state index contributed by atoms with van der Waals surface area (Å²) < 4.78 is 15.4. The molecular weight excluding hydrogens is 341 g/mol. The van der Waals surface area contributed by atoms with Gasteiger partial charge < -0.3 is 0 Å². The average Bonchev–Trinajstić information content (AvgIpc) is 2.68. The van der Waals surface area contributed by atoms with Crippen molar-refractivity contribution in [1.29, 1.82) is 0 Å². The van der Waals surface area contributed by atoms with Crippen LogP contribution in [0.15, 0.2) is 65.7 Å². The van der Waals surface area contributed by atoms with Crippen molar-refractivity contribution in [2.45, 2.75) is 20.3 Å². The molecule has 0 aliphatic rings. The van der Waals surface area contributed by atoms with E-state index in [0.29, 0.717) is 23.3 Å². The van der Waals surface area contributed by atoms with Crippen molar-refractivity contribution in [2.24, 2.45) is 0 Å². The monoisotopic (exact) mass is 359 g/mol. The third kappa shape index (κ3) is 3.01. The molecule has 0 unspecified atom stereocenters. The summed E-state index contributed by atoms with van der Waals surface area (Å²) >= 11 is 0. The lowest BCUT2D eigenvalue weighted by atomic mass is 10.00. The van der Waals surface area contributed by atoms with Gasteiger partial charge in [0.25, 0.3) is 5.56 Å². The van der Waals surface area contributed by atoms with Gasteiger partial charge in [0.2, 0.25) is 0 Å². The molecule has 0 N–H and O–H groups in total. The molecule has 4 nitrogen and oxygen atoms in total. The highest BCUT2D eigenvalue weighted by Crippen LogP contribution is 2.27. The summed E-state index contributed by atoms with van der Waals surface area (Å²) in [7, 11) is 0. The molecule has 4 rings (SSSR count). The Morgan fingerprint density at radius 1 is 1.04 bits per heavy atom. The Labute approximate surface area is 156 Å². The summed E-state index contributed by atoms with van der Waals surface area (Å²) in [6.07, 6.45) is 4.09. The van der Waals surface area contributed by atoms with E-state index in [9.17, 15) is 9.18 Å². The highest BCUT2D eigenvalue weighted by molar-refractivity contribution is 5.96. The van der Waals surface area contributed by atoms with Gasteiger partial charge in [0.05, 0.1) is 11.1 Å². The Kier molecular flexibility index (Phi) is 4.28. The van der Waals surface area contributed by atoms with E-state index in [1.165, 1.54) is 12.1 Å². The predicted molar refractivity (Wildman–Crippen MR) is 105 cm³/mol. The van der Waals surface area contributed by atoms with Crippen LogP contribution in [0.3, 0.4) is 0 Å². The van der Waals surface area contributed by atoms with E-state index < -0.39 is 0 Å². The summed E-state index contributed by atoms with van der Waals surface area (Å²) in [6, 6.07) is 13.8. The molecule has 0 aliphatic carbocycles. The number of nitrogens with zero attached hydrogens (tertiary/aromatic N) is 3. The third-order valence-electron chi connectivity index (χ3n) is 4.64. The molecule has 134 valence electrons. The number of aromatic nitrogens is 3. The number of hydrogen-bond acceptors (Lipinski definition) is 3. The molecule has 0 amide bonds. The van der Waals surface area contributed by atoms with Crippen LogP contribution in [0.25, 0.3) is 27.6 Å². The summed E-state index contributed by atoms with van der Waals surface area (Å²) in [5, 5.41) is 1.42. The van der Waals surface area contributed by atoms with Gasteiger partial charge in [-0.15, -0.1) is 0 Å². The van der Waals surface area contributed by atoms with Crippen LogP contribution in [0.1, 0.15) is 18.4 Å². The van der Waals surface area contributed by atoms with Gasteiger partial charge in [-0.25, -0.2) is 14.4 Å². The first-order valence-electron chi connectivity index (χ1n) is 8.81. The van der Waals surface area contributed by atoms with Crippen molar-refractivity contribution < 1.29 is 4.39 Å². The van der Waals surface area contributed by atoms with Gasteiger partial charge in [-0.05, 0) is 48.6 Å². The Balaban J connectivity index is 2.08. The van der Waals surface area contributed by atoms with Crippen LogP contribution in [0.5, 0.6) is 0 Å². The van der Waals surface area contributed by atoms with Crippen molar-refractivity contribution in [3.63, 3.8) is 0 Å². The summed E-state index contributed by atoms with van der Waals surface area (Å²) in [6.45, 7) is 3.80. The van der Waals surface area contributed by atoms with E-state index in [4.69, 9.17) is 0 Å². The standard InChI is InChI=1S/C22H18FN3O/c1-3-18-10-15-6-4-9-20(16-12-24-14(2)25-13-16)21(15)22(27)26(18)19-8-5-7-17(23)11-19/h4-13H,3H2,1-2H3. The minimum Gasteiger partial charge on any atom is -0.281 e. The summed E-state index contributed by atoms with van der Waals surface area (Å²) in [5.74, 6) is 0.297. The smallest absolute Gasteiger partial charge is 0.263 e. The van der Waals surface area contributed by atoms with E-state index in [2.05, 4.69) is 9.97 Å². The van der Waals surface area contributed by atoms with E-state index in [1.54, 1.807) is 29.1 Å². The number of rotatable bonds is 3. The maximum Gasteiger partial charge on any atom is 0.263 e. The van der Waals surface area contributed by atoms with Crippen molar-refractivity contribution in [1.82, 2.24) is 14.5 Å². The molecule has 2 heterocycles. The van der Waals surface area contributed by atoms with Gasteiger partial charge in [-0.3, -0.25) is 9.36 Å². The first-order valence-corrected chi connectivity index (χ1v) is 8.81. The quantitative estimate of drug-likeness (QED) is 0.543. The van der Waals surface area contributed by atoms with Gasteiger partial charge in [0, 0.05) is 23.7 Å². The zero-order chi connectivity index (χ0) is 19.0. The Morgan fingerprint density at radius 2 is 1.78 bits per heavy atom. The van der Waals surface area contributed by atoms with Crippen LogP contribution in [0, 0.1) is 12.7 Å². The topological polar surface area (TPSA) is 47.8 Å². The molecule has 0 aliphatic heterocycles. The van der Waals surface area contributed by atoms with Crippen LogP contribution in [-0.4, -0.2) is 14.5 Å². The molecule has 0 bridgehead atoms. The Hall–Kier alpha value is -3.34. The normalized spacial score (nSPS) is 11.1. The molecule has 0 saturated carbocycles. The van der Waals surface area contributed by atoms with Crippen molar-refractivity contribution in [3.8, 4) is 16.8 Å². The lowest BCUT2D eigenvalue weighted by Crippen LogP contribution is -2.22. The number of aryl methyl sites for hydroxylation is 2. The molecule has 2 aromatic carbocycles. The largest absolute Gasteiger partial charge is 0.281 e. The van der Waals surface area contributed by atoms with Crippen molar-refractivity contribution in [2.75, 3.05) is 0 Å². The molecular formula is C22H18FN3O. The molecule has 0 radical (unpaired) electrons. The maximum atomic E-state index is 13.8. The molecule has 4 aromatic rings. The maximum absolute atomic E-state index is 13.8. The molecule has 0 spiro atoms. The first-order chi connectivity index (χ1) is 13.1. The summed E-state index contributed by atoms with van der Waals surface area (Å²) in [5.41, 5.74) is 2.72. The van der Waals surface area contributed by atoms with Gasteiger partial charge >= 0.3 is 0 Å². The third-order valence-corrected chi connectivity index (χ3v) is 4.64. The number of pyridine rings is 1. The molecule has 5 heteroatoms. The zero-order valence-electron chi connectivity index (χ0n) is 15.1. The van der Waals surface area contributed by atoms with Gasteiger partial charge in [-0.2, -0.15) is 0 Å². The highest BCUT2D eigenvalue weighted by Gasteiger charge is 2.15. The van der Waals surface area contributed by atoms with Gasteiger partial charge in [0.15, 0.2) is 0 Å². The van der Waals surface area contributed by atoms with E-state index in [-0.39, 0.29) is 11.4 Å². The lowest BCUT2D eigenvalue weighted by Gasteiger charge is -2.15. The molecule has 0 saturated heterocycles. The Bertz CT molecular complexity index is 1200. The fraction of sp³-hybridized carbons (Fsp3) is 0.136. The zero-order valence-corrected chi connectivity index (χ0v) is 15.1. The number of fused-ring (bicyclic) bond motifs is 1. The fourth-order valence-corrected chi connectivity index (χ4v) is 3.35. The van der Waals surface area contributed by atoms with E-state index in [1.807, 2.05) is 38.1 Å². The molecule has 2 aromatic heterocycles. The second-order valence-corrected chi connectivity index (χ2v) is 6.40. The van der Waals surface area contributed by atoms with E-state index >= 15 is 0 Å².